The van der Waals surface area contributed by atoms with E-state index in [4.69, 9.17) is 9.84 Å². The van der Waals surface area contributed by atoms with Gasteiger partial charge in [0.2, 0.25) is 0 Å². The Morgan fingerprint density at radius 3 is 2.56 bits per heavy atom. The molecule has 0 bridgehead atoms. The summed E-state index contributed by atoms with van der Waals surface area (Å²) >= 11 is 0. The van der Waals surface area contributed by atoms with Crippen LogP contribution >= 0.6 is 0 Å². The third kappa shape index (κ3) is 4.00. The minimum atomic E-state index is 0.193. The van der Waals surface area contributed by atoms with Crippen molar-refractivity contribution in [2.24, 2.45) is 0 Å². The normalized spacial score (nSPS) is 11.0. The lowest BCUT2D eigenvalue weighted by Gasteiger charge is -2.16. The molecule has 0 radical (unpaired) electrons. The SMILES string of the molecule is COc1cc(C)c(CCNCCO)cc1C(C)C. The first kappa shape index (κ1) is 15.0. The number of hydrogen-bond donors (Lipinski definition) is 2. The molecule has 3 heteroatoms. The maximum absolute atomic E-state index is 8.72. The number of hydrogen-bond acceptors (Lipinski definition) is 3. The van der Waals surface area contributed by atoms with Crippen molar-refractivity contribution in [2.75, 3.05) is 26.8 Å². The fraction of sp³-hybridized carbons (Fsp3) is 0.600. The third-order valence-electron chi connectivity index (χ3n) is 3.17. The van der Waals surface area contributed by atoms with E-state index >= 15 is 0 Å². The van der Waals surface area contributed by atoms with Crippen LogP contribution in [0.2, 0.25) is 0 Å². The van der Waals surface area contributed by atoms with Crippen LogP contribution in [-0.4, -0.2) is 31.9 Å². The quantitative estimate of drug-likeness (QED) is 0.730. The van der Waals surface area contributed by atoms with Gasteiger partial charge in [-0.3, -0.25) is 0 Å². The highest BCUT2D eigenvalue weighted by molar-refractivity contribution is 5.44. The monoisotopic (exact) mass is 251 g/mol. The van der Waals surface area contributed by atoms with E-state index in [1.807, 2.05) is 0 Å². The van der Waals surface area contributed by atoms with Gasteiger partial charge in [-0.25, -0.2) is 0 Å². The molecule has 18 heavy (non-hydrogen) atoms. The number of aliphatic hydroxyl groups excluding tert-OH is 1. The molecule has 0 saturated carbocycles. The van der Waals surface area contributed by atoms with Crippen LogP contribution in [0.3, 0.4) is 0 Å². The highest BCUT2D eigenvalue weighted by Gasteiger charge is 2.10. The Morgan fingerprint density at radius 2 is 2.00 bits per heavy atom. The molecule has 0 spiro atoms. The maximum atomic E-state index is 8.72. The largest absolute Gasteiger partial charge is 0.496 e. The Hall–Kier alpha value is -1.06. The number of nitrogens with one attached hydrogen (secondary N) is 1. The van der Waals surface area contributed by atoms with Crippen molar-refractivity contribution in [3.63, 3.8) is 0 Å². The lowest BCUT2D eigenvalue weighted by atomic mass is 9.95. The van der Waals surface area contributed by atoms with E-state index in [0.717, 1.165) is 18.7 Å². The Balaban J connectivity index is 2.81. The van der Waals surface area contributed by atoms with Gasteiger partial charge in [0.15, 0.2) is 0 Å². The molecule has 0 aliphatic carbocycles. The Kier molecular flexibility index (Phi) is 6.16. The summed E-state index contributed by atoms with van der Waals surface area (Å²) in [6.45, 7) is 8.23. The first-order chi connectivity index (χ1) is 8.60. The summed E-state index contributed by atoms with van der Waals surface area (Å²) in [6, 6.07) is 4.37. The van der Waals surface area contributed by atoms with E-state index in [9.17, 15) is 0 Å². The number of aliphatic hydroxyl groups is 1. The molecule has 1 aromatic carbocycles. The number of ether oxygens (including phenoxy) is 1. The molecular weight excluding hydrogens is 226 g/mol. The fourth-order valence-corrected chi connectivity index (χ4v) is 2.07. The van der Waals surface area contributed by atoms with Gasteiger partial charge < -0.3 is 15.2 Å². The van der Waals surface area contributed by atoms with Gasteiger partial charge in [-0.15, -0.1) is 0 Å². The van der Waals surface area contributed by atoms with Gasteiger partial charge in [-0.2, -0.15) is 0 Å². The second kappa shape index (κ2) is 7.39. The van der Waals surface area contributed by atoms with E-state index in [-0.39, 0.29) is 6.61 Å². The predicted molar refractivity (Wildman–Crippen MR) is 75.5 cm³/mol. The topological polar surface area (TPSA) is 41.5 Å². The molecule has 0 heterocycles. The van der Waals surface area contributed by atoms with Gasteiger partial charge in [-0.1, -0.05) is 19.9 Å². The smallest absolute Gasteiger partial charge is 0.122 e. The van der Waals surface area contributed by atoms with Crippen LogP contribution in [-0.2, 0) is 6.42 Å². The van der Waals surface area contributed by atoms with Crippen LogP contribution in [0, 0.1) is 6.92 Å². The average molecular weight is 251 g/mol. The van der Waals surface area contributed by atoms with Crippen LogP contribution < -0.4 is 10.1 Å². The summed E-state index contributed by atoms with van der Waals surface area (Å²) in [4.78, 5) is 0. The lowest BCUT2D eigenvalue weighted by Crippen LogP contribution is -2.21. The minimum absolute atomic E-state index is 0.193. The van der Waals surface area contributed by atoms with Crippen LogP contribution in [0.25, 0.3) is 0 Å². The van der Waals surface area contributed by atoms with E-state index in [2.05, 4.69) is 38.2 Å². The number of rotatable bonds is 7. The summed E-state index contributed by atoms with van der Waals surface area (Å²) < 4.78 is 5.44. The van der Waals surface area contributed by atoms with Crippen molar-refractivity contribution < 1.29 is 9.84 Å². The fourth-order valence-electron chi connectivity index (χ4n) is 2.07. The Bertz CT molecular complexity index is 375. The zero-order chi connectivity index (χ0) is 13.5. The van der Waals surface area contributed by atoms with Gasteiger partial charge in [0, 0.05) is 6.54 Å². The van der Waals surface area contributed by atoms with Crippen LogP contribution in [0.1, 0.15) is 36.5 Å². The zero-order valence-electron chi connectivity index (χ0n) is 11.9. The van der Waals surface area contributed by atoms with Crippen molar-refractivity contribution >= 4 is 0 Å². The van der Waals surface area contributed by atoms with Crippen molar-refractivity contribution in [3.8, 4) is 5.75 Å². The summed E-state index contributed by atoms with van der Waals surface area (Å²) in [5.41, 5.74) is 3.88. The minimum Gasteiger partial charge on any atom is -0.496 e. The van der Waals surface area contributed by atoms with E-state index in [1.54, 1.807) is 7.11 Å². The molecule has 0 unspecified atom stereocenters. The lowest BCUT2D eigenvalue weighted by molar-refractivity contribution is 0.293. The van der Waals surface area contributed by atoms with Gasteiger partial charge in [0.25, 0.3) is 0 Å². The van der Waals surface area contributed by atoms with E-state index < -0.39 is 0 Å². The predicted octanol–water partition coefficient (Wildman–Crippen LogP) is 2.25. The third-order valence-corrected chi connectivity index (χ3v) is 3.17. The highest BCUT2D eigenvalue weighted by Crippen LogP contribution is 2.29. The first-order valence-electron chi connectivity index (χ1n) is 6.59. The molecule has 0 amide bonds. The molecule has 1 rings (SSSR count). The van der Waals surface area contributed by atoms with Gasteiger partial charge >= 0.3 is 0 Å². The van der Waals surface area contributed by atoms with E-state index in [0.29, 0.717) is 12.5 Å². The molecule has 0 aliphatic rings. The Morgan fingerprint density at radius 1 is 1.28 bits per heavy atom. The summed E-state index contributed by atoms with van der Waals surface area (Å²) in [5.74, 6) is 1.44. The molecule has 0 aromatic heterocycles. The Labute approximate surface area is 110 Å². The average Bonchev–Trinajstić information content (AvgIpc) is 2.35. The molecular formula is C15H25NO2. The van der Waals surface area contributed by atoms with Crippen molar-refractivity contribution in [1.82, 2.24) is 5.32 Å². The molecule has 1 aromatic rings. The summed E-state index contributed by atoms with van der Waals surface area (Å²) in [5, 5.41) is 11.9. The molecule has 2 N–H and O–H groups in total. The molecule has 3 nitrogen and oxygen atoms in total. The van der Waals surface area contributed by atoms with E-state index in [1.165, 1.54) is 16.7 Å². The zero-order valence-corrected chi connectivity index (χ0v) is 11.9. The molecule has 102 valence electrons. The molecule has 0 fully saturated rings. The number of methoxy groups -OCH3 is 1. The second-order valence-corrected chi connectivity index (χ2v) is 4.90. The second-order valence-electron chi connectivity index (χ2n) is 4.90. The van der Waals surface area contributed by atoms with Crippen molar-refractivity contribution in [2.45, 2.75) is 33.1 Å². The standard InChI is InChI=1S/C15H25NO2/c1-11(2)14-10-13(5-6-16-7-8-17)12(3)9-15(14)18-4/h9-11,16-17H,5-8H2,1-4H3. The molecule has 0 atom stereocenters. The van der Waals surface area contributed by atoms with Gasteiger partial charge in [-0.05, 0) is 48.6 Å². The van der Waals surface area contributed by atoms with Crippen LogP contribution in [0.5, 0.6) is 5.75 Å². The molecule has 0 saturated heterocycles. The number of aryl methyl sites for hydroxylation is 1. The van der Waals surface area contributed by atoms with Crippen molar-refractivity contribution in [1.29, 1.82) is 0 Å². The number of benzene rings is 1. The molecule has 0 aliphatic heterocycles. The van der Waals surface area contributed by atoms with Gasteiger partial charge in [0.1, 0.15) is 5.75 Å². The highest BCUT2D eigenvalue weighted by atomic mass is 16.5. The van der Waals surface area contributed by atoms with Crippen molar-refractivity contribution in [3.05, 3.63) is 28.8 Å². The summed E-state index contributed by atoms with van der Waals surface area (Å²) in [6.07, 6.45) is 0.982. The van der Waals surface area contributed by atoms with Crippen LogP contribution in [0.15, 0.2) is 12.1 Å². The van der Waals surface area contributed by atoms with Crippen LogP contribution in [0.4, 0.5) is 0 Å². The van der Waals surface area contributed by atoms with Gasteiger partial charge in [0.05, 0.1) is 13.7 Å². The maximum Gasteiger partial charge on any atom is 0.122 e. The first-order valence-corrected chi connectivity index (χ1v) is 6.59. The summed E-state index contributed by atoms with van der Waals surface area (Å²) in [7, 11) is 1.73.